The first-order chi connectivity index (χ1) is 19.6. The lowest BCUT2D eigenvalue weighted by Crippen LogP contribution is -2.20. The minimum Gasteiger partial charge on any atom is -0.453 e. The maximum atomic E-state index is 13.7. The minimum absolute atomic E-state index is 0.256. The third kappa shape index (κ3) is 4.15. The summed E-state index contributed by atoms with van der Waals surface area (Å²) in [5.41, 5.74) is 5.36. The molecular formula is C33H23BrN4O2. The average molecular weight is 587 g/mol. The van der Waals surface area contributed by atoms with Gasteiger partial charge in [0.05, 0.1) is 17.1 Å². The normalized spacial score (nSPS) is 11.8. The highest BCUT2D eigenvalue weighted by atomic mass is 79.9. The van der Waals surface area contributed by atoms with Crippen LogP contribution in [0.2, 0.25) is 0 Å². The van der Waals surface area contributed by atoms with Crippen molar-refractivity contribution < 1.29 is 4.42 Å². The van der Waals surface area contributed by atoms with Crippen LogP contribution < -0.4 is 5.56 Å². The van der Waals surface area contributed by atoms with E-state index in [1.807, 2.05) is 60.7 Å². The van der Waals surface area contributed by atoms with Crippen LogP contribution in [0, 0.1) is 6.92 Å². The van der Waals surface area contributed by atoms with Crippen molar-refractivity contribution in [2.75, 3.05) is 0 Å². The van der Waals surface area contributed by atoms with Crippen molar-refractivity contribution in [1.82, 2.24) is 14.2 Å². The van der Waals surface area contributed by atoms with E-state index in [1.165, 1.54) is 10.2 Å². The first-order valence-electron chi connectivity index (χ1n) is 12.9. The molecule has 0 atom stereocenters. The Hall–Kier alpha value is -4.75. The van der Waals surface area contributed by atoms with E-state index in [9.17, 15) is 4.79 Å². The van der Waals surface area contributed by atoms with Crippen LogP contribution in [0.5, 0.6) is 0 Å². The van der Waals surface area contributed by atoms with Crippen molar-refractivity contribution in [1.29, 1.82) is 0 Å². The first-order valence-corrected chi connectivity index (χ1v) is 13.7. The fraction of sp³-hybridized carbons (Fsp3) is 0.0606. The van der Waals surface area contributed by atoms with Crippen molar-refractivity contribution in [2.24, 2.45) is 5.10 Å². The van der Waals surface area contributed by atoms with E-state index in [4.69, 9.17) is 14.5 Å². The summed E-state index contributed by atoms with van der Waals surface area (Å²) in [5, 5.41) is 7.24. The molecule has 4 aromatic carbocycles. The van der Waals surface area contributed by atoms with E-state index in [-0.39, 0.29) is 5.56 Å². The zero-order valence-corrected chi connectivity index (χ0v) is 23.2. The second-order valence-electron chi connectivity index (χ2n) is 9.69. The number of benzene rings is 4. The van der Waals surface area contributed by atoms with Crippen LogP contribution in [-0.4, -0.2) is 20.4 Å². The summed E-state index contributed by atoms with van der Waals surface area (Å²) < 4.78 is 10.8. The van der Waals surface area contributed by atoms with Gasteiger partial charge in [0.25, 0.3) is 5.56 Å². The van der Waals surface area contributed by atoms with Crippen molar-refractivity contribution in [2.45, 2.75) is 13.5 Å². The maximum Gasteiger partial charge on any atom is 0.282 e. The number of hydrogen-bond acceptors (Lipinski definition) is 4. The van der Waals surface area contributed by atoms with Gasteiger partial charge < -0.3 is 8.98 Å². The van der Waals surface area contributed by atoms with E-state index in [0.29, 0.717) is 22.5 Å². The molecule has 6 nitrogen and oxygen atoms in total. The molecule has 40 heavy (non-hydrogen) atoms. The van der Waals surface area contributed by atoms with Gasteiger partial charge in [-0.25, -0.2) is 4.98 Å². The molecule has 0 radical (unpaired) electrons. The molecule has 0 N–H and O–H groups in total. The molecule has 0 unspecified atom stereocenters. The fourth-order valence-corrected chi connectivity index (χ4v) is 5.46. The molecule has 3 heterocycles. The monoisotopic (exact) mass is 586 g/mol. The maximum absolute atomic E-state index is 13.7. The van der Waals surface area contributed by atoms with Gasteiger partial charge in [0.2, 0.25) is 5.82 Å². The fourth-order valence-electron chi connectivity index (χ4n) is 5.19. The molecule has 0 saturated carbocycles. The molecule has 7 rings (SSSR count). The van der Waals surface area contributed by atoms with E-state index in [0.717, 1.165) is 44.1 Å². The van der Waals surface area contributed by atoms with Crippen molar-refractivity contribution in [3.63, 3.8) is 0 Å². The third-order valence-corrected chi connectivity index (χ3v) is 7.76. The van der Waals surface area contributed by atoms with Crippen molar-refractivity contribution >= 4 is 54.9 Å². The summed E-state index contributed by atoms with van der Waals surface area (Å²) in [6.07, 6.45) is 1.76. The molecule has 7 aromatic rings. The number of furan rings is 1. The summed E-state index contributed by atoms with van der Waals surface area (Å²) >= 11 is 3.52. The Morgan fingerprint density at radius 2 is 1.62 bits per heavy atom. The summed E-state index contributed by atoms with van der Waals surface area (Å²) in [4.78, 5) is 18.6. The molecule has 0 fully saturated rings. The third-order valence-electron chi connectivity index (χ3n) is 7.24. The molecule has 0 saturated heterocycles. The Morgan fingerprint density at radius 1 is 0.900 bits per heavy atom. The molecule has 194 valence electrons. The molecule has 0 aliphatic heterocycles. The van der Waals surface area contributed by atoms with Crippen LogP contribution in [0.1, 0.15) is 16.8 Å². The Morgan fingerprint density at radius 3 is 2.45 bits per heavy atom. The zero-order chi connectivity index (χ0) is 27.2. The molecule has 0 amide bonds. The molecule has 0 bridgehead atoms. The SMILES string of the molecule is Cc1c(C=Nn2c(-c3cc4ccccc4o3)nc3ccccc3c2=O)c2ccccc2n1Cc1ccc(Br)cc1. The number of halogens is 1. The highest BCUT2D eigenvalue weighted by Gasteiger charge is 2.18. The van der Waals surface area contributed by atoms with Crippen LogP contribution >= 0.6 is 15.9 Å². The van der Waals surface area contributed by atoms with Crippen molar-refractivity contribution in [3.05, 3.63) is 135 Å². The number of nitrogens with zero attached hydrogens (tertiary/aromatic N) is 4. The van der Waals surface area contributed by atoms with E-state index < -0.39 is 0 Å². The van der Waals surface area contributed by atoms with Gasteiger partial charge in [-0.2, -0.15) is 9.78 Å². The number of fused-ring (bicyclic) bond motifs is 3. The van der Waals surface area contributed by atoms with Crippen LogP contribution in [-0.2, 0) is 6.54 Å². The predicted molar refractivity (Wildman–Crippen MR) is 164 cm³/mol. The second-order valence-corrected chi connectivity index (χ2v) is 10.6. The summed E-state index contributed by atoms with van der Waals surface area (Å²) in [7, 11) is 0. The lowest BCUT2D eigenvalue weighted by Gasteiger charge is -2.09. The van der Waals surface area contributed by atoms with Gasteiger partial charge in [-0.15, -0.1) is 0 Å². The molecular weight excluding hydrogens is 564 g/mol. The second kappa shape index (κ2) is 9.77. The highest BCUT2D eigenvalue weighted by Crippen LogP contribution is 2.28. The first kappa shape index (κ1) is 24.3. The van der Waals surface area contributed by atoms with Gasteiger partial charge in [-0.05, 0) is 55.0 Å². The van der Waals surface area contributed by atoms with Gasteiger partial charge >= 0.3 is 0 Å². The molecule has 7 heteroatoms. The van der Waals surface area contributed by atoms with Gasteiger partial charge in [0.15, 0.2) is 5.76 Å². The molecule has 3 aromatic heterocycles. The minimum atomic E-state index is -0.256. The summed E-state index contributed by atoms with van der Waals surface area (Å²) in [6.45, 7) is 2.80. The van der Waals surface area contributed by atoms with Crippen LogP contribution in [0.4, 0.5) is 0 Å². The number of para-hydroxylation sites is 3. The lowest BCUT2D eigenvalue weighted by molar-refractivity contribution is 0.616. The standard InChI is InChI=1S/C33H23BrN4O2/c1-21-27(25-9-4-6-12-29(25)37(21)20-22-14-16-24(34)17-15-22)19-35-38-32(31-18-23-8-2-7-13-30(23)40-31)36-28-11-5-3-10-26(28)33(38)39/h2-19H,20H2,1H3. The smallest absolute Gasteiger partial charge is 0.282 e. The van der Waals surface area contributed by atoms with Crippen molar-refractivity contribution in [3.8, 4) is 11.6 Å². The number of aromatic nitrogens is 3. The highest BCUT2D eigenvalue weighted by molar-refractivity contribution is 9.10. The molecule has 0 aliphatic rings. The largest absolute Gasteiger partial charge is 0.453 e. The average Bonchev–Trinajstić information content (AvgIpc) is 3.53. The molecule has 0 aliphatic carbocycles. The van der Waals surface area contributed by atoms with Crippen LogP contribution in [0.15, 0.2) is 122 Å². The van der Waals surface area contributed by atoms with Crippen LogP contribution in [0.25, 0.3) is 44.4 Å². The van der Waals surface area contributed by atoms with Crippen LogP contribution in [0.3, 0.4) is 0 Å². The van der Waals surface area contributed by atoms with Gasteiger partial charge in [0, 0.05) is 38.6 Å². The summed E-state index contributed by atoms with van der Waals surface area (Å²) in [6, 6.07) is 33.5. The quantitative estimate of drug-likeness (QED) is 0.193. The Bertz CT molecular complexity index is 2100. The van der Waals surface area contributed by atoms with Gasteiger partial charge in [-0.1, -0.05) is 76.6 Å². The van der Waals surface area contributed by atoms with Gasteiger partial charge in [0.1, 0.15) is 5.58 Å². The number of rotatable bonds is 5. The Kier molecular flexibility index (Phi) is 5.94. The lowest BCUT2D eigenvalue weighted by atomic mass is 10.1. The van der Waals surface area contributed by atoms with Gasteiger partial charge in [-0.3, -0.25) is 4.79 Å². The van der Waals surface area contributed by atoms with E-state index >= 15 is 0 Å². The van der Waals surface area contributed by atoms with E-state index in [2.05, 4.69) is 63.8 Å². The Labute approximate surface area is 237 Å². The van der Waals surface area contributed by atoms with E-state index in [1.54, 1.807) is 12.3 Å². The Balaban J connectivity index is 1.40. The topological polar surface area (TPSA) is 65.3 Å². The summed E-state index contributed by atoms with van der Waals surface area (Å²) in [5.74, 6) is 0.836. The predicted octanol–water partition coefficient (Wildman–Crippen LogP) is 7.77. The zero-order valence-electron chi connectivity index (χ0n) is 21.6. The number of hydrogen-bond donors (Lipinski definition) is 0. The molecule has 0 spiro atoms.